The Morgan fingerprint density at radius 1 is 1.17 bits per heavy atom. The summed E-state index contributed by atoms with van der Waals surface area (Å²) in [4.78, 5) is 1.95. The molecule has 0 spiro atoms. The molecule has 0 radical (unpaired) electrons. The van der Waals surface area contributed by atoms with Crippen LogP contribution in [-0.2, 0) is 9.84 Å². The van der Waals surface area contributed by atoms with E-state index in [1.165, 1.54) is 11.8 Å². The van der Waals surface area contributed by atoms with Crippen LogP contribution in [0.15, 0.2) is 24.3 Å². The van der Waals surface area contributed by atoms with Crippen molar-refractivity contribution in [1.29, 1.82) is 0 Å². The lowest BCUT2D eigenvalue weighted by molar-refractivity contribution is 0.244. The lowest BCUT2D eigenvalue weighted by Crippen LogP contribution is -2.29. The van der Waals surface area contributed by atoms with Crippen molar-refractivity contribution in [2.45, 2.75) is 6.92 Å². The molecular weight excluding hydrogens is 250 g/mol. The monoisotopic (exact) mass is 271 g/mol. The van der Waals surface area contributed by atoms with Gasteiger partial charge in [0.2, 0.25) is 0 Å². The Hall–Kier alpha value is -1.07. The molecule has 0 saturated carbocycles. The zero-order valence-electron chi connectivity index (χ0n) is 11.2. The van der Waals surface area contributed by atoms with Crippen LogP contribution in [0.5, 0.6) is 5.75 Å². The largest absolute Gasteiger partial charge is 0.492 e. The molecule has 18 heavy (non-hydrogen) atoms. The van der Waals surface area contributed by atoms with Gasteiger partial charge < -0.3 is 9.64 Å². The normalized spacial score (nSPS) is 11.8. The van der Waals surface area contributed by atoms with Gasteiger partial charge in [0.15, 0.2) is 0 Å². The minimum absolute atomic E-state index is 0.189. The fraction of sp³-hybridized carbons (Fsp3) is 0.538. The smallest absolute Gasteiger partial charge is 0.148 e. The fourth-order valence-electron chi connectivity index (χ4n) is 1.39. The second kappa shape index (κ2) is 6.75. The number of hydrogen-bond donors (Lipinski definition) is 0. The van der Waals surface area contributed by atoms with E-state index in [0.29, 0.717) is 19.7 Å². The first-order valence-electron chi connectivity index (χ1n) is 5.92. The van der Waals surface area contributed by atoms with E-state index in [1.54, 1.807) is 0 Å². The Kier molecular flexibility index (Phi) is 5.62. The van der Waals surface area contributed by atoms with Gasteiger partial charge in [-0.15, -0.1) is 0 Å². The van der Waals surface area contributed by atoms with Gasteiger partial charge in [0.25, 0.3) is 0 Å². The van der Waals surface area contributed by atoms with E-state index in [9.17, 15) is 8.42 Å². The molecule has 1 aromatic carbocycles. The Balaban J connectivity index is 2.23. The molecule has 102 valence electrons. The van der Waals surface area contributed by atoms with Crippen molar-refractivity contribution in [3.63, 3.8) is 0 Å². The molecule has 0 unspecified atom stereocenters. The zero-order chi connectivity index (χ0) is 13.6. The summed E-state index contributed by atoms with van der Waals surface area (Å²) in [5, 5.41) is 0. The van der Waals surface area contributed by atoms with Crippen LogP contribution in [0.3, 0.4) is 0 Å². The molecule has 5 heteroatoms. The maximum Gasteiger partial charge on any atom is 0.148 e. The first-order chi connectivity index (χ1) is 8.37. The van der Waals surface area contributed by atoms with Gasteiger partial charge in [-0.05, 0) is 26.1 Å². The molecular formula is C13H21NO3S. The highest BCUT2D eigenvalue weighted by Gasteiger charge is 2.05. The highest BCUT2D eigenvalue weighted by atomic mass is 32.2. The van der Waals surface area contributed by atoms with Gasteiger partial charge in [-0.25, -0.2) is 8.42 Å². The topological polar surface area (TPSA) is 46.6 Å². The van der Waals surface area contributed by atoms with E-state index >= 15 is 0 Å². The quantitative estimate of drug-likeness (QED) is 0.751. The van der Waals surface area contributed by atoms with Crippen LogP contribution < -0.4 is 4.74 Å². The Morgan fingerprint density at radius 3 is 2.33 bits per heavy atom. The number of rotatable bonds is 7. The second-order valence-corrected chi connectivity index (χ2v) is 6.85. The van der Waals surface area contributed by atoms with Crippen LogP contribution >= 0.6 is 0 Å². The summed E-state index contributed by atoms with van der Waals surface area (Å²) in [5.74, 6) is 1.03. The van der Waals surface area contributed by atoms with Crippen molar-refractivity contribution in [3.8, 4) is 5.75 Å². The van der Waals surface area contributed by atoms with E-state index in [1.807, 2.05) is 43.1 Å². The lowest BCUT2D eigenvalue weighted by atomic mass is 10.2. The van der Waals surface area contributed by atoms with E-state index in [4.69, 9.17) is 4.74 Å². The molecule has 0 saturated heterocycles. The minimum atomic E-state index is -2.88. The molecule has 1 aromatic rings. The summed E-state index contributed by atoms with van der Waals surface area (Å²) in [6, 6.07) is 7.88. The van der Waals surface area contributed by atoms with Gasteiger partial charge in [0.05, 0.1) is 5.75 Å². The van der Waals surface area contributed by atoms with Crippen molar-refractivity contribution < 1.29 is 13.2 Å². The third-order valence-corrected chi connectivity index (χ3v) is 3.53. The highest BCUT2D eigenvalue weighted by Crippen LogP contribution is 2.10. The van der Waals surface area contributed by atoms with Crippen LogP contribution in [0, 0.1) is 6.92 Å². The average molecular weight is 271 g/mol. The number of likely N-dealkylation sites (N-methyl/N-ethyl adjacent to an activating group) is 1. The molecule has 0 bridgehead atoms. The molecule has 0 aliphatic heterocycles. The Bertz CT molecular complexity index is 454. The molecule has 0 N–H and O–H groups in total. The standard InChI is InChI=1S/C13H21NO3S/c1-12-4-6-13(7-5-12)17-10-8-14(2)9-11-18(3,15)16/h4-7H,8-11H2,1-3H3. The summed E-state index contributed by atoms with van der Waals surface area (Å²) >= 11 is 0. The maximum absolute atomic E-state index is 11.0. The van der Waals surface area contributed by atoms with E-state index < -0.39 is 9.84 Å². The molecule has 0 fully saturated rings. The second-order valence-electron chi connectivity index (χ2n) is 4.59. The van der Waals surface area contributed by atoms with Crippen LogP contribution in [0.4, 0.5) is 0 Å². The molecule has 4 nitrogen and oxygen atoms in total. The minimum Gasteiger partial charge on any atom is -0.492 e. The predicted octanol–water partition coefficient (Wildman–Crippen LogP) is 1.35. The average Bonchev–Trinajstić information content (AvgIpc) is 2.28. The van der Waals surface area contributed by atoms with Gasteiger partial charge in [0.1, 0.15) is 22.2 Å². The predicted molar refractivity (Wildman–Crippen MR) is 73.9 cm³/mol. The van der Waals surface area contributed by atoms with E-state index in [2.05, 4.69) is 0 Å². The first kappa shape index (κ1) is 15.0. The van der Waals surface area contributed by atoms with Gasteiger partial charge in [0, 0.05) is 19.3 Å². The zero-order valence-corrected chi connectivity index (χ0v) is 12.0. The van der Waals surface area contributed by atoms with Crippen molar-refractivity contribution >= 4 is 9.84 Å². The first-order valence-corrected chi connectivity index (χ1v) is 7.98. The number of nitrogens with zero attached hydrogens (tertiary/aromatic N) is 1. The van der Waals surface area contributed by atoms with Crippen LogP contribution in [-0.4, -0.2) is 52.1 Å². The van der Waals surface area contributed by atoms with E-state index in [-0.39, 0.29) is 5.75 Å². The Morgan fingerprint density at radius 2 is 1.78 bits per heavy atom. The number of benzene rings is 1. The molecule has 0 atom stereocenters. The number of hydrogen-bond acceptors (Lipinski definition) is 4. The molecule has 0 amide bonds. The van der Waals surface area contributed by atoms with Crippen molar-refractivity contribution in [2.75, 3.05) is 38.8 Å². The summed E-state index contributed by atoms with van der Waals surface area (Å²) in [5.41, 5.74) is 1.20. The van der Waals surface area contributed by atoms with E-state index in [0.717, 1.165) is 5.75 Å². The van der Waals surface area contributed by atoms with Crippen LogP contribution in [0.1, 0.15) is 5.56 Å². The molecule has 0 aliphatic rings. The number of ether oxygens (including phenoxy) is 1. The summed E-state index contributed by atoms with van der Waals surface area (Å²) < 4.78 is 27.6. The fourth-order valence-corrected chi connectivity index (χ4v) is 2.03. The van der Waals surface area contributed by atoms with Crippen molar-refractivity contribution in [2.24, 2.45) is 0 Å². The number of sulfone groups is 1. The van der Waals surface area contributed by atoms with Crippen molar-refractivity contribution in [1.82, 2.24) is 4.90 Å². The number of aryl methyl sites for hydroxylation is 1. The van der Waals surface area contributed by atoms with Crippen LogP contribution in [0.2, 0.25) is 0 Å². The summed E-state index contributed by atoms with van der Waals surface area (Å²) in [7, 11) is -0.991. The summed E-state index contributed by atoms with van der Waals surface area (Å²) in [6.07, 6.45) is 1.25. The SMILES string of the molecule is Cc1ccc(OCCN(C)CCS(C)(=O)=O)cc1. The summed E-state index contributed by atoms with van der Waals surface area (Å²) in [6.45, 7) is 3.84. The molecule has 0 aromatic heterocycles. The lowest BCUT2D eigenvalue weighted by Gasteiger charge is -2.16. The van der Waals surface area contributed by atoms with Gasteiger partial charge in [-0.2, -0.15) is 0 Å². The van der Waals surface area contributed by atoms with Gasteiger partial charge in [-0.1, -0.05) is 17.7 Å². The van der Waals surface area contributed by atoms with Crippen LogP contribution in [0.25, 0.3) is 0 Å². The Labute approximate surface area is 109 Å². The third kappa shape index (κ3) is 6.61. The van der Waals surface area contributed by atoms with Gasteiger partial charge >= 0.3 is 0 Å². The highest BCUT2D eigenvalue weighted by molar-refractivity contribution is 7.90. The van der Waals surface area contributed by atoms with Crippen molar-refractivity contribution in [3.05, 3.63) is 29.8 Å². The molecule has 0 aliphatic carbocycles. The van der Waals surface area contributed by atoms with Gasteiger partial charge in [-0.3, -0.25) is 0 Å². The third-order valence-electron chi connectivity index (χ3n) is 2.61. The molecule has 0 heterocycles. The maximum atomic E-state index is 11.0. The molecule has 1 rings (SSSR count).